The van der Waals surface area contributed by atoms with Crippen molar-refractivity contribution in [3.8, 4) is 17.1 Å². The first-order valence-electron chi connectivity index (χ1n) is 6.22. The minimum absolute atomic E-state index is 0.145. The highest BCUT2D eigenvalue weighted by atomic mass is 79.9. The van der Waals surface area contributed by atoms with E-state index in [0.29, 0.717) is 11.2 Å². The molecule has 1 heterocycles. The number of benzene rings is 2. The van der Waals surface area contributed by atoms with Crippen molar-refractivity contribution in [2.45, 2.75) is 5.33 Å². The normalized spacial score (nSPS) is 10.8. The molecule has 2 aromatic carbocycles. The Morgan fingerprint density at radius 3 is 2.19 bits per heavy atom. The summed E-state index contributed by atoms with van der Waals surface area (Å²) in [5.74, 6) is -0.619. The van der Waals surface area contributed by atoms with E-state index in [2.05, 4.69) is 26.1 Å². The summed E-state index contributed by atoms with van der Waals surface area (Å²) < 4.78 is 29.7. The van der Waals surface area contributed by atoms with Gasteiger partial charge in [0.2, 0.25) is 0 Å². The Labute approximate surface area is 128 Å². The lowest BCUT2D eigenvalue weighted by Gasteiger charge is -2.10. The van der Waals surface area contributed by atoms with Crippen LogP contribution >= 0.6 is 15.9 Å². The first-order chi connectivity index (χ1) is 10.2. The van der Waals surface area contributed by atoms with Crippen molar-refractivity contribution in [3.05, 3.63) is 66.0 Å². The maximum Gasteiger partial charge on any atom is 0.174 e. The second kappa shape index (κ2) is 5.73. The zero-order valence-electron chi connectivity index (χ0n) is 10.8. The van der Waals surface area contributed by atoms with Gasteiger partial charge in [-0.25, -0.2) is 8.78 Å². The first kappa shape index (κ1) is 13.9. The van der Waals surface area contributed by atoms with Gasteiger partial charge in [0.15, 0.2) is 5.82 Å². The molecule has 0 unspecified atom stereocenters. The highest BCUT2D eigenvalue weighted by molar-refractivity contribution is 9.08. The van der Waals surface area contributed by atoms with Crippen molar-refractivity contribution in [3.63, 3.8) is 0 Å². The van der Waals surface area contributed by atoms with Crippen LogP contribution < -0.4 is 0 Å². The first-order valence-corrected chi connectivity index (χ1v) is 7.34. The zero-order valence-corrected chi connectivity index (χ0v) is 12.4. The molecule has 0 aliphatic carbocycles. The average Bonchev–Trinajstić information content (AvgIpc) is 2.91. The van der Waals surface area contributed by atoms with Gasteiger partial charge in [-0.1, -0.05) is 40.2 Å². The number of halogens is 3. The van der Waals surface area contributed by atoms with Gasteiger partial charge in [0, 0.05) is 5.69 Å². The number of para-hydroxylation sites is 1. The Morgan fingerprint density at radius 1 is 0.905 bits per heavy atom. The lowest BCUT2D eigenvalue weighted by Crippen LogP contribution is -2.03. The molecule has 0 saturated heterocycles. The molecule has 3 rings (SSSR count). The van der Waals surface area contributed by atoms with Crippen LogP contribution in [0.4, 0.5) is 8.78 Å². The van der Waals surface area contributed by atoms with E-state index in [1.807, 2.05) is 30.3 Å². The summed E-state index contributed by atoms with van der Waals surface area (Å²) in [5.41, 5.74) is 0.565. The lowest BCUT2D eigenvalue weighted by atomic mass is 10.1. The molecule has 0 atom stereocenters. The van der Waals surface area contributed by atoms with Crippen LogP contribution in [0.1, 0.15) is 5.82 Å². The van der Waals surface area contributed by atoms with Gasteiger partial charge in [0.25, 0.3) is 0 Å². The van der Waals surface area contributed by atoms with Crippen molar-refractivity contribution in [1.29, 1.82) is 0 Å². The molecule has 0 fully saturated rings. The molecule has 0 radical (unpaired) electrons. The smallest absolute Gasteiger partial charge is 0.174 e. The maximum absolute atomic E-state index is 14.0. The molecule has 0 spiro atoms. The highest BCUT2D eigenvalue weighted by Gasteiger charge is 2.20. The Bertz CT molecular complexity index is 752. The molecule has 21 heavy (non-hydrogen) atoms. The van der Waals surface area contributed by atoms with Gasteiger partial charge in [-0.2, -0.15) is 0 Å². The van der Waals surface area contributed by atoms with Crippen LogP contribution in [0.3, 0.4) is 0 Å². The predicted molar refractivity (Wildman–Crippen MR) is 79.3 cm³/mol. The van der Waals surface area contributed by atoms with E-state index < -0.39 is 11.6 Å². The average molecular weight is 350 g/mol. The fraction of sp³-hybridized carbons (Fsp3) is 0.0667. The fourth-order valence-corrected chi connectivity index (χ4v) is 2.49. The fourth-order valence-electron chi connectivity index (χ4n) is 2.12. The van der Waals surface area contributed by atoms with Gasteiger partial charge in [0.05, 0.1) is 10.9 Å². The Balaban J connectivity index is 2.28. The molecule has 6 heteroatoms. The second-order valence-electron chi connectivity index (χ2n) is 4.34. The number of aromatic nitrogens is 3. The summed E-state index contributed by atoms with van der Waals surface area (Å²) in [4.78, 5) is 0. The molecule has 0 aliphatic rings. The van der Waals surface area contributed by atoms with Crippen LogP contribution in [0.2, 0.25) is 0 Å². The standard InChI is InChI=1S/C15H10BrF2N3/c16-9-13-19-20-15(14-11(17)7-4-8-12(14)18)21(13)10-5-2-1-3-6-10/h1-8H,9H2. The van der Waals surface area contributed by atoms with Crippen molar-refractivity contribution in [2.24, 2.45) is 0 Å². The van der Waals surface area contributed by atoms with Crippen molar-refractivity contribution < 1.29 is 8.78 Å². The largest absolute Gasteiger partial charge is 0.278 e. The van der Waals surface area contributed by atoms with E-state index in [4.69, 9.17) is 0 Å². The molecular weight excluding hydrogens is 340 g/mol. The van der Waals surface area contributed by atoms with E-state index in [0.717, 1.165) is 5.69 Å². The number of hydrogen-bond acceptors (Lipinski definition) is 2. The third-order valence-corrected chi connectivity index (χ3v) is 3.55. The van der Waals surface area contributed by atoms with Crippen molar-refractivity contribution in [2.75, 3.05) is 0 Å². The zero-order chi connectivity index (χ0) is 14.8. The quantitative estimate of drug-likeness (QED) is 0.666. The van der Waals surface area contributed by atoms with Crippen molar-refractivity contribution >= 4 is 15.9 Å². The van der Waals surface area contributed by atoms with Crippen molar-refractivity contribution in [1.82, 2.24) is 14.8 Å². The summed E-state index contributed by atoms with van der Waals surface area (Å²) in [6.45, 7) is 0. The minimum Gasteiger partial charge on any atom is -0.278 e. The van der Waals surface area contributed by atoms with Crippen LogP contribution in [0, 0.1) is 11.6 Å². The van der Waals surface area contributed by atoms with Gasteiger partial charge in [-0.15, -0.1) is 10.2 Å². The molecule has 0 aliphatic heterocycles. The third kappa shape index (κ3) is 2.47. The summed E-state index contributed by atoms with van der Waals surface area (Å²) in [5, 5.41) is 8.38. The predicted octanol–water partition coefficient (Wildman–Crippen LogP) is 4.11. The van der Waals surface area contributed by atoms with Gasteiger partial charge in [-0.3, -0.25) is 4.57 Å². The monoisotopic (exact) mass is 349 g/mol. The van der Waals surface area contributed by atoms with E-state index >= 15 is 0 Å². The van der Waals surface area contributed by atoms with Crippen LogP contribution in [0.5, 0.6) is 0 Å². The summed E-state index contributed by atoms with van der Waals surface area (Å²) >= 11 is 3.32. The Hall–Kier alpha value is -2.08. The number of rotatable bonds is 3. The summed E-state index contributed by atoms with van der Waals surface area (Å²) in [6, 6.07) is 12.9. The van der Waals surface area contributed by atoms with Gasteiger partial charge in [0.1, 0.15) is 17.5 Å². The van der Waals surface area contributed by atoms with Gasteiger partial charge < -0.3 is 0 Å². The van der Waals surface area contributed by atoms with Crippen LogP contribution in [-0.2, 0) is 5.33 Å². The molecule has 0 N–H and O–H groups in total. The highest BCUT2D eigenvalue weighted by Crippen LogP contribution is 2.28. The molecule has 0 bridgehead atoms. The molecule has 0 saturated carbocycles. The topological polar surface area (TPSA) is 30.7 Å². The summed E-state index contributed by atoms with van der Waals surface area (Å²) in [7, 11) is 0. The van der Waals surface area contributed by atoms with E-state index in [-0.39, 0.29) is 11.4 Å². The van der Waals surface area contributed by atoms with Crippen LogP contribution in [-0.4, -0.2) is 14.8 Å². The molecule has 106 valence electrons. The number of nitrogens with zero attached hydrogens (tertiary/aromatic N) is 3. The Morgan fingerprint density at radius 2 is 1.57 bits per heavy atom. The second-order valence-corrected chi connectivity index (χ2v) is 4.90. The molecule has 3 nitrogen and oxygen atoms in total. The number of hydrogen-bond donors (Lipinski definition) is 0. The Kier molecular flexibility index (Phi) is 3.79. The summed E-state index contributed by atoms with van der Waals surface area (Å²) in [6.07, 6.45) is 0. The maximum atomic E-state index is 14.0. The van der Waals surface area contributed by atoms with Gasteiger partial charge in [-0.05, 0) is 24.3 Å². The van der Waals surface area contributed by atoms with E-state index in [9.17, 15) is 8.78 Å². The third-order valence-electron chi connectivity index (χ3n) is 3.05. The van der Waals surface area contributed by atoms with E-state index in [1.165, 1.54) is 18.2 Å². The van der Waals surface area contributed by atoms with Crippen LogP contribution in [0.25, 0.3) is 17.1 Å². The van der Waals surface area contributed by atoms with E-state index in [1.54, 1.807) is 4.57 Å². The molecular formula is C15H10BrF2N3. The molecule has 1 aromatic heterocycles. The number of alkyl halides is 1. The molecule has 3 aromatic rings. The minimum atomic E-state index is -0.666. The molecule has 0 amide bonds. The van der Waals surface area contributed by atoms with Gasteiger partial charge >= 0.3 is 0 Å². The SMILES string of the molecule is Fc1cccc(F)c1-c1nnc(CBr)n1-c1ccccc1. The van der Waals surface area contributed by atoms with Crippen LogP contribution in [0.15, 0.2) is 48.5 Å². The lowest BCUT2D eigenvalue weighted by molar-refractivity contribution is 0.586.